The molecule has 0 spiro atoms. The molecular formula is C14H12N4O4S. The van der Waals surface area contributed by atoms with Crippen LogP contribution in [0.25, 0.3) is 0 Å². The molecule has 0 aliphatic carbocycles. The zero-order valence-electron chi connectivity index (χ0n) is 11.6. The molecule has 0 bridgehead atoms. The zero-order chi connectivity index (χ0) is 16.8. The zero-order valence-corrected chi connectivity index (χ0v) is 12.5. The Morgan fingerprint density at radius 2 is 1.61 bits per heavy atom. The summed E-state index contributed by atoms with van der Waals surface area (Å²) in [5.74, 6) is -1.00. The highest BCUT2D eigenvalue weighted by molar-refractivity contribution is 7.80. The highest BCUT2D eigenvalue weighted by Gasteiger charge is 2.05. The molecule has 23 heavy (non-hydrogen) atoms. The van der Waals surface area contributed by atoms with Crippen LogP contribution in [-0.4, -0.2) is 21.1 Å². The number of hydrazine groups is 1. The number of hydrogen-bond acceptors (Lipinski definition) is 5. The Hall–Kier alpha value is -3.20. The number of aromatic carboxylic acids is 1. The third kappa shape index (κ3) is 4.64. The molecule has 0 aliphatic heterocycles. The summed E-state index contributed by atoms with van der Waals surface area (Å²) in [6.07, 6.45) is 0. The number of benzene rings is 2. The van der Waals surface area contributed by atoms with E-state index in [0.29, 0.717) is 11.4 Å². The van der Waals surface area contributed by atoms with E-state index in [2.05, 4.69) is 16.2 Å². The summed E-state index contributed by atoms with van der Waals surface area (Å²) < 4.78 is 0. The van der Waals surface area contributed by atoms with Gasteiger partial charge in [-0.3, -0.25) is 21.0 Å². The molecule has 0 saturated carbocycles. The molecule has 2 aromatic carbocycles. The van der Waals surface area contributed by atoms with Crippen LogP contribution in [0.1, 0.15) is 10.4 Å². The van der Waals surface area contributed by atoms with E-state index in [1.165, 1.54) is 36.4 Å². The second-order valence-electron chi connectivity index (χ2n) is 4.39. The number of rotatable bonds is 5. The van der Waals surface area contributed by atoms with E-state index in [-0.39, 0.29) is 16.4 Å². The molecule has 0 aliphatic rings. The Labute approximate surface area is 136 Å². The van der Waals surface area contributed by atoms with Gasteiger partial charge in [0.05, 0.1) is 16.2 Å². The van der Waals surface area contributed by atoms with Crippen molar-refractivity contribution in [2.24, 2.45) is 0 Å². The van der Waals surface area contributed by atoms with E-state index in [9.17, 15) is 14.9 Å². The molecule has 118 valence electrons. The first-order chi connectivity index (χ1) is 11.0. The van der Waals surface area contributed by atoms with Gasteiger partial charge in [0, 0.05) is 17.8 Å². The highest BCUT2D eigenvalue weighted by atomic mass is 32.1. The molecule has 0 heterocycles. The molecule has 0 aromatic heterocycles. The molecule has 2 aromatic rings. The van der Waals surface area contributed by atoms with Gasteiger partial charge in [0.25, 0.3) is 5.69 Å². The minimum Gasteiger partial charge on any atom is -0.478 e. The number of nitro groups is 1. The number of thiocarbonyl (C=S) groups is 1. The summed E-state index contributed by atoms with van der Waals surface area (Å²) in [6.45, 7) is 0. The topological polar surface area (TPSA) is 117 Å². The molecule has 9 heteroatoms. The Bertz CT molecular complexity index is 731. The van der Waals surface area contributed by atoms with Crippen molar-refractivity contribution in [2.45, 2.75) is 0 Å². The first-order valence-electron chi connectivity index (χ1n) is 6.36. The van der Waals surface area contributed by atoms with E-state index in [0.717, 1.165) is 0 Å². The van der Waals surface area contributed by atoms with Crippen molar-refractivity contribution in [2.75, 3.05) is 10.7 Å². The van der Waals surface area contributed by atoms with E-state index in [4.69, 9.17) is 17.3 Å². The molecule has 0 fully saturated rings. The molecule has 0 unspecified atom stereocenters. The SMILES string of the molecule is O=C(O)c1ccc(NNC(=S)Nc2ccc([N+](=O)[O-])cc2)cc1. The van der Waals surface area contributed by atoms with E-state index < -0.39 is 10.9 Å². The van der Waals surface area contributed by atoms with Crippen LogP contribution < -0.4 is 16.2 Å². The lowest BCUT2D eigenvalue weighted by Gasteiger charge is -2.12. The molecule has 4 N–H and O–H groups in total. The summed E-state index contributed by atoms with van der Waals surface area (Å²) in [5, 5.41) is 22.5. The fraction of sp³-hybridized carbons (Fsp3) is 0. The second kappa shape index (κ2) is 7.18. The molecule has 8 nitrogen and oxygen atoms in total. The minimum atomic E-state index is -1.00. The van der Waals surface area contributed by atoms with Crippen LogP contribution >= 0.6 is 12.2 Å². The normalized spacial score (nSPS) is 9.74. The standard InChI is InChI=1S/C14H12N4O4S/c19-13(20)9-1-3-11(4-2-9)16-17-14(23)15-10-5-7-12(8-6-10)18(21)22/h1-8,16H,(H,19,20)(H2,15,17,23). The fourth-order valence-corrected chi connectivity index (χ4v) is 1.82. The van der Waals surface area contributed by atoms with Gasteiger partial charge in [0.2, 0.25) is 0 Å². The lowest BCUT2D eigenvalue weighted by molar-refractivity contribution is -0.384. The maximum Gasteiger partial charge on any atom is 0.335 e. The molecule has 0 amide bonds. The summed E-state index contributed by atoms with van der Waals surface area (Å²) >= 11 is 5.07. The lowest BCUT2D eigenvalue weighted by atomic mass is 10.2. The van der Waals surface area contributed by atoms with Crippen LogP contribution in [0.5, 0.6) is 0 Å². The van der Waals surface area contributed by atoms with Gasteiger partial charge >= 0.3 is 5.97 Å². The predicted molar refractivity (Wildman–Crippen MR) is 89.5 cm³/mol. The van der Waals surface area contributed by atoms with Crippen molar-refractivity contribution in [1.29, 1.82) is 0 Å². The molecule has 2 rings (SSSR count). The fourth-order valence-electron chi connectivity index (χ4n) is 1.65. The maximum atomic E-state index is 10.7. The minimum absolute atomic E-state index is 0.00827. The third-order valence-electron chi connectivity index (χ3n) is 2.79. The summed E-state index contributed by atoms with van der Waals surface area (Å²) in [6, 6.07) is 11.9. The van der Waals surface area contributed by atoms with E-state index in [1.807, 2.05) is 0 Å². The Balaban J connectivity index is 1.87. The van der Waals surface area contributed by atoms with Crippen LogP contribution in [0, 0.1) is 10.1 Å². The number of carboxylic acids is 1. The monoisotopic (exact) mass is 332 g/mol. The van der Waals surface area contributed by atoms with E-state index in [1.54, 1.807) is 12.1 Å². The molecular weight excluding hydrogens is 320 g/mol. The van der Waals surface area contributed by atoms with Crippen molar-refractivity contribution in [3.63, 3.8) is 0 Å². The molecule has 0 radical (unpaired) electrons. The maximum absolute atomic E-state index is 10.7. The quantitative estimate of drug-likeness (QED) is 0.375. The van der Waals surface area contributed by atoms with Crippen LogP contribution in [0.4, 0.5) is 17.1 Å². The molecule has 0 atom stereocenters. The van der Waals surface area contributed by atoms with Crippen molar-refractivity contribution in [3.05, 3.63) is 64.2 Å². The number of carbonyl (C=O) groups is 1. The largest absolute Gasteiger partial charge is 0.478 e. The van der Waals surface area contributed by atoms with Crippen LogP contribution in [0.15, 0.2) is 48.5 Å². The third-order valence-corrected chi connectivity index (χ3v) is 2.99. The number of nitrogens with zero attached hydrogens (tertiary/aromatic N) is 1. The van der Waals surface area contributed by atoms with Gasteiger partial charge in [0.1, 0.15) is 0 Å². The van der Waals surface area contributed by atoms with Gasteiger partial charge in [-0.1, -0.05) is 0 Å². The number of anilines is 2. The van der Waals surface area contributed by atoms with Crippen molar-refractivity contribution < 1.29 is 14.8 Å². The highest BCUT2D eigenvalue weighted by Crippen LogP contribution is 2.15. The van der Waals surface area contributed by atoms with E-state index >= 15 is 0 Å². The summed E-state index contributed by atoms with van der Waals surface area (Å²) in [5.41, 5.74) is 6.92. The summed E-state index contributed by atoms with van der Waals surface area (Å²) in [7, 11) is 0. The number of nitro benzene ring substituents is 1. The van der Waals surface area contributed by atoms with Crippen LogP contribution in [-0.2, 0) is 0 Å². The number of nitrogens with one attached hydrogen (secondary N) is 3. The van der Waals surface area contributed by atoms with Crippen molar-refractivity contribution in [3.8, 4) is 0 Å². The first kappa shape index (κ1) is 16.2. The number of carboxylic acid groups (broad SMARTS) is 1. The van der Waals surface area contributed by atoms with Gasteiger partial charge in [0.15, 0.2) is 5.11 Å². The van der Waals surface area contributed by atoms with Crippen LogP contribution in [0.2, 0.25) is 0 Å². The Morgan fingerprint density at radius 3 is 2.13 bits per heavy atom. The second-order valence-corrected chi connectivity index (χ2v) is 4.80. The first-order valence-corrected chi connectivity index (χ1v) is 6.77. The smallest absolute Gasteiger partial charge is 0.335 e. The predicted octanol–water partition coefficient (Wildman–Crippen LogP) is 2.61. The Morgan fingerprint density at radius 1 is 1.04 bits per heavy atom. The summed E-state index contributed by atoms with van der Waals surface area (Å²) in [4.78, 5) is 20.8. The van der Waals surface area contributed by atoms with Gasteiger partial charge in [-0.2, -0.15) is 0 Å². The van der Waals surface area contributed by atoms with Crippen LogP contribution in [0.3, 0.4) is 0 Å². The average molecular weight is 332 g/mol. The average Bonchev–Trinajstić information content (AvgIpc) is 2.54. The van der Waals surface area contributed by atoms with Gasteiger partial charge < -0.3 is 10.4 Å². The van der Waals surface area contributed by atoms with Crippen molar-refractivity contribution >= 4 is 40.4 Å². The number of hydrogen-bond donors (Lipinski definition) is 4. The lowest BCUT2D eigenvalue weighted by Crippen LogP contribution is -2.33. The van der Waals surface area contributed by atoms with Crippen molar-refractivity contribution in [1.82, 2.24) is 5.43 Å². The van der Waals surface area contributed by atoms with Gasteiger partial charge in [-0.05, 0) is 48.6 Å². The van der Waals surface area contributed by atoms with Gasteiger partial charge in [-0.25, -0.2) is 4.79 Å². The Kier molecular flexibility index (Phi) is 5.05. The number of non-ortho nitro benzene ring substituents is 1. The van der Waals surface area contributed by atoms with Gasteiger partial charge in [-0.15, -0.1) is 0 Å². The molecule has 0 saturated heterocycles.